The molecule has 3 aromatic rings. The molecule has 2 aromatic carbocycles. The molecule has 0 atom stereocenters. The fraction of sp³-hybridized carbons (Fsp3) is 0.158. The van der Waals surface area contributed by atoms with Crippen LogP contribution in [-0.4, -0.2) is 23.6 Å². The molecule has 1 heterocycles. The minimum absolute atomic E-state index is 0.508. The lowest BCUT2D eigenvalue weighted by atomic mass is 10.3. The maximum Gasteiger partial charge on any atom is 0.229 e. The number of nitrogens with zero attached hydrogens (tertiary/aromatic N) is 3. The zero-order valence-corrected chi connectivity index (χ0v) is 14.9. The van der Waals surface area contributed by atoms with Crippen LogP contribution in [0.3, 0.4) is 0 Å². The summed E-state index contributed by atoms with van der Waals surface area (Å²) < 4.78 is 5.17. The molecule has 6 heteroatoms. The Morgan fingerprint density at radius 1 is 1.12 bits per heavy atom. The standard InChI is InChI=1S/C19H19ClN4O/c1-3-24(15-7-5-4-6-8-15)18-11-12-21-19(23-18)22-14-9-10-17(25-2)16(20)13-14/h4-13H,3H2,1-2H3,(H,21,22,23). The molecule has 25 heavy (non-hydrogen) atoms. The maximum atomic E-state index is 6.17. The van der Waals surface area contributed by atoms with Crippen LogP contribution >= 0.6 is 11.6 Å². The van der Waals surface area contributed by atoms with Crippen LogP contribution in [0.1, 0.15) is 6.92 Å². The third-order valence-electron chi connectivity index (χ3n) is 3.71. The number of rotatable bonds is 6. The maximum absolute atomic E-state index is 6.17. The topological polar surface area (TPSA) is 50.3 Å². The minimum atomic E-state index is 0.508. The molecule has 0 aliphatic rings. The van der Waals surface area contributed by atoms with E-state index in [0.29, 0.717) is 16.7 Å². The molecule has 0 aliphatic carbocycles. The zero-order chi connectivity index (χ0) is 17.6. The van der Waals surface area contributed by atoms with Crippen molar-refractivity contribution in [3.63, 3.8) is 0 Å². The fourth-order valence-corrected chi connectivity index (χ4v) is 2.78. The van der Waals surface area contributed by atoms with Crippen molar-refractivity contribution in [1.29, 1.82) is 0 Å². The van der Waals surface area contributed by atoms with Crippen molar-refractivity contribution in [2.24, 2.45) is 0 Å². The fourth-order valence-electron chi connectivity index (χ4n) is 2.52. The van der Waals surface area contributed by atoms with E-state index < -0.39 is 0 Å². The van der Waals surface area contributed by atoms with Crippen molar-refractivity contribution in [3.05, 3.63) is 65.8 Å². The van der Waals surface area contributed by atoms with Crippen molar-refractivity contribution < 1.29 is 4.74 Å². The molecule has 0 fully saturated rings. The average Bonchev–Trinajstić information content (AvgIpc) is 2.64. The molecule has 0 saturated heterocycles. The Bertz CT molecular complexity index is 842. The van der Waals surface area contributed by atoms with Crippen molar-refractivity contribution in [2.45, 2.75) is 6.92 Å². The summed E-state index contributed by atoms with van der Waals surface area (Å²) in [6.07, 6.45) is 1.74. The van der Waals surface area contributed by atoms with Gasteiger partial charge in [0.15, 0.2) is 0 Å². The van der Waals surface area contributed by atoms with Gasteiger partial charge < -0.3 is 15.0 Å². The first-order valence-electron chi connectivity index (χ1n) is 7.97. The van der Waals surface area contributed by atoms with E-state index in [-0.39, 0.29) is 0 Å². The summed E-state index contributed by atoms with van der Waals surface area (Å²) in [5, 5.41) is 3.71. The van der Waals surface area contributed by atoms with Gasteiger partial charge in [0.1, 0.15) is 11.6 Å². The van der Waals surface area contributed by atoms with E-state index in [4.69, 9.17) is 16.3 Å². The third kappa shape index (κ3) is 4.00. The van der Waals surface area contributed by atoms with Gasteiger partial charge in [-0.1, -0.05) is 29.8 Å². The summed E-state index contributed by atoms with van der Waals surface area (Å²) in [6.45, 7) is 2.89. The summed E-state index contributed by atoms with van der Waals surface area (Å²) in [5.74, 6) is 1.96. The zero-order valence-electron chi connectivity index (χ0n) is 14.1. The number of anilines is 4. The second-order valence-electron chi connectivity index (χ2n) is 5.29. The summed E-state index contributed by atoms with van der Waals surface area (Å²) in [7, 11) is 1.59. The smallest absolute Gasteiger partial charge is 0.229 e. The van der Waals surface area contributed by atoms with Gasteiger partial charge in [0.05, 0.1) is 12.1 Å². The van der Waals surface area contributed by atoms with Crippen molar-refractivity contribution in [2.75, 3.05) is 23.9 Å². The molecule has 0 saturated carbocycles. The van der Waals surface area contributed by atoms with Gasteiger partial charge in [0.2, 0.25) is 5.95 Å². The lowest BCUT2D eigenvalue weighted by Crippen LogP contribution is -2.17. The van der Waals surface area contributed by atoms with E-state index in [1.807, 2.05) is 30.3 Å². The van der Waals surface area contributed by atoms with Crippen LogP contribution in [0.4, 0.5) is 23.1 Å². The molecule has 0 spiro atoms. The molecule has 0 unspecified atom stereocenters. The lowest BCUT2D eigenvalue weighted by Gasteiger charge is -2.22. The highest BCUT2D eigenvalue weighted by atomic mass is 35.5. The Morgan fingerprint density at radius 2 is 1.92 bits per heavy atom. The van der Waals surface area contributed by atoms with Crippen LogP contribution in [0, 0.1) is 0 Å². The van der Waals surface area contributed by atoms with Gasteiger partial charge in [-0.25, -0.2) is 4.98 Å². The van der Waals surface area contributed by atoms with Crippen LogP contribution in [-0.2, 0) is 0 Å². The quantitative estimate of drug-likeness (QED) is 0.672. The lowest BCUT2D eigenvalue weighted by molar-refractivity contribution is 0.415. The molecule has 0 amide bonds. The Balaban J connectivity index is 1.85. The summed E-state index contributed by atoms with van der Waals surface area (Å²) >= 11 is 6.17. The van der Waals surface area contributed by atoms with Gasteiger partial charge in [-0.15, -0.1) is 0 Å². The summed E-state index contributed by atoms with van der Waals surface area (Å²) in [5.41, 5.74) is 1.88. The molecule has 0 radical (unpaired) electrons. The number of ether oxygens (including phenoxy) is 1. The van der Waals surface area contributed by atoms with Crippen LogP contribution in [0.15, 0.2) is 60.8 Å². The Hall–Kier alpha value is -2.79. The van der Waals surface area contributed by atoms with E-state index in [9.17, 15) is 0 Å². The van der Waals surface area contributed by atoms with Crippen LogP contribution < -0.4 is 15.0 Å². The number of nitrogens with one attached hydrogen (secondary N) is 1. The predicted octanol–water partition coefficient (Wildman–Crippen LogP) is 5.04. The van der Waals surface area contributed by atoms with Gasteiger partial charge in [0, 0.05) is 24.1 Å². The third-order valence-corrected chi connectivity index (χ3v) is 4.00. The molecule has 3 rings (SSSR count). The highest BCUT2D eigenvalue weighted by Crippen LogP contribution is 2.29. The first kappa shape index (κ1) is 17.0. The molecule has 0 aliphatic heterocycles. The van der Waals surface area contributed by atoms with E-state index >= 15 is 0 Å². The highest BCUT2D eigenvalue weighted by Gasteiger charge is 2.10. The van der Waals surface area contributed by atoms with Gasteiger partial charge in [-0.2, -0.15) is 4.98 Å². The van der Waals surface area contributed by atoms with Crippen molar-refractivity contribution in [1.82, 2.24) is 9.97 Å². The number of methoxy groups -OCH3 is 1. The van der Waals surface area contributed by atoms with Gasteiger partial charge in [-0.3, -0.25) is 0 Å². The molecule has 1 aromatic heterocycles. The van der Waals surface area contributed by atoms with Crippen LogP contribution in [0.25, 0.3) is 0 Å². The minimum Gasteiger partial charge on any atom is -0.495 e. The number of para-hydroxylation sites is 1. The van der Waals surface area contributed by atoms with Crippen LogP contribution in [0.2, 0.25) is 5.02 Å². The number of aromatic nitrogens is 2. The number of hydrogen-bond acceptors (Lipinski definition) is 5. The van der Waals surface area contributed by atoms with E-state index in [0.717, 1.165) is 23.7 Å². The van der Waals surface area contributed by atoms with Gasteiger partial charge in [0.25, 0.3) is 0 Å². The Kier molecular flexibility index (Phi) is 5.36. The van der Waals surface area contributed by atoms with Crippen LogP contribution in [0.5, 0.6) is 5.75 Å². The number of halogens is 1. The van der Waals surface area contributed by atoms with Crippen molar-refractivity contribution in [3.8, 4) is 5.75 Å². The first-order chi connectivity index (χ1) is 12.2. The Labute approximate surface area is 152 Å². The van der Waals surface area contributed by atoms with E-state index in [1.54, 1.807) is 25.4 Å². The molecule has 0 bridgehead atoms. The normalized spacial score (nSPS) is 10.4. The Morgan fingerprint density at radius 3 is 2.60 bits per heavy atom. The van der Waals surface area contributed by atoms with Gasteiger partial charge >= 0.3 is 0 Å². The summed E-state index contributed by atoms with van der Waals surface area (Å²) in [4.78, 5) is 11.0. The monoisotopic (exact) mass is 354 g/mol. The second-order valence-corrected chi connectivity index (χ2v) is 5.70. The molecular formula is C19H19ClN4O. The second kappa shape index (κ2) is 7.85. The highest BCUT2D eigenvalue weighted by molar-refractivity contribution is 6.32. The summed E-state index contributed by atoms with van der Waals surface area (Å²) in [6, 6.07) is 17.5. The van der Waals surface area contributed by atoms with Gasteiger partial charge in [-0.05, 0) is 43.3 Å². The van der Waals surface area contributed by atoms with Crippen molar-refractivity contribution >= 4 is 34.7 Å². The molecule has 128 valence electrons. The van der Waals surface area contributed by atoms with E-state index in [2.05, 4.69) is 39.2 Å². The largest absolute Gasteiger partial charge is 0.495 e. The molecule has 5 nitrogen and oxygen atoms in total. The SMILES string of the molecule is CCN(c1ccccc1)c1ccnc(Nc2ccc(OC)c(Cl)c2)n1. The van der Waals surface area contributed by atoms with E-state index in [1.165, 1.54) is 0 Å². The number of hydrogen-bond donors (Lipinski definition) is 1. The molecular weight excluding hydrogens is 336 g/mol. The number of benzene rings is 2. The molecule has 1 N–H and O–H groups in total. The first-order valence-corrected chi connectivity index (χ1v) is 8.35. The predicted molar refractivity (Wildman–Crippen MR) is 102 cm³/mol. The average molecular weight is 355 g/mol.